The van der Waals surface area contributed by atoms with Gasteiger partial charge in [0.15, 0.2) is 0 Å². The second-order valence-electron chi connectivity index (χ2n) is 2.61. The van der Waals surface area contributed by atoms with E-state index in [2.05, 4.69) is 4.98 Å². The number of alkyl halides is 2. The van der Waals surface area contributed by atoms with Gasteiger partial charge in [-0.25, -0.2) is 8.78 Å². The van der Waals surface area contributed by atoms with Gasteiger partial charge < -0.3 is 5.73 Å². The van der Waals surface area contributed by atoms with Crippen molar-refractivity contribution in [3.05, 3.63) is 28.0 Å². The third-order valence-electron chi connectivity index (χ3n) is 1.65. The minimum absolute atomic E-state index is 0.0206. The summed E-state index contributed by atoms with van der Waals surface area (Å²) in [6, 6.07) is 1.24. The van der Waals surface area contributed by atoms with Crippen LogP contribution in [0.1, 0.15) is 23.4 Å². The highest BCUT2D eigenvalue weighted by Crippen LogP contribution is 2.29. The van der Waals surface area contributed by atoms with Gasteiger partial charge in [0, 0.05) is 12.1 Å². The van der Waals surface area contributed by atoms with E-state index in [4.69, 9.17) is 17.3 Å². The molecule has 2 nitrogen and oxygen atoms in total. The fourth-order valence-electron chi connectivity index (χ4n) is 1.01. The molecule has 0 aromatic carbocycles. The molecule has 72 valence electrons. The molecule has 1 heterocycles. The highest BCUT2D eigenvalue weighted by Gasteiger charge is 2.15. The highest BCUT2D eigenvalue weighted by atomic mass is 35.5. The third kappa shape index (κ3) is 2.14. The van der Waals surface area contributed by atoms with Crippen molar-refractivity contribution < 1.29 is 8.78 Å². The van der Waals surface area contributed by atoms with Crippen LogP contribution >= 0.6 is 11.6 Å². The van der Waals surface area contributed by atoms with E-state index in [1.165, 1.54) is 6.07 Å². The first-order valence-electron chi connectivity index (χ1n) is 3.70. The lowest BCUT2D eigenvalue weighted by atomic mass is 10.2. The van der Waals surface area contributed by atoms with Crippen LogP contribution in [0, 0.1) is 6.92 Å². The zero-order valence-electron chi connectivity index (χ0n) is 7.02. The average molecular weight is 207 g/mol. The van der Waals surface area contributed by atoms with Gasteiger partial charge >= 0.3 is 0 Å². The Bertz CT molecular complexity index is 315. The van der Waals surface area contributed by atoms with Crippen LogP contribution in [0.3, 0.4) is 0 Å². The number of nitrogens with zero attached hydrogens (tertiary/aromatic N) is 1. The van der Waals surface area contributed by atoms with Crippen molar-refractivity contribution in [1.82, 2.24) is 4.98 Å². The van der Waals surface area contributed by atoms with E-state index >= 15 is 0 Å². The van der Waals surface area contributed by atoms with Crippen LogP contribution in [-0.2, 0) is 6.54 Å². The number of nitrogens with two attached hydrogens (primary N) is 1. The SMILES string of the molecule is Cc1nc(CN)cc(C(F)F)c1Cl. The standard InChI is InChI=1S/C8H9ClF2N2/c1-4-7(9)6(8(10)11)2-5(3-12)13-4/h2,8H,3,12H2,1H3. The van der Waals surface area contributed by atoms with Gasteiger partial charge in [0.25, 0.3) is 6.43 Å². The zero-order valence-corrected chi connectivity index (χ0v) is 7.78. The van der Waals surface area contributed by atoms with E-state index in [-0.39, 0.29) is 17.1 Å². The summed E-state index contributed by atoms with van der Waals surface area (Å²) < 4.78 is 24.7. The maximum absolute atomic E-state index is 12.4. The van der Waals surface area contributed by atoms with Gasteiger partial charge in [-0.15, -0.1) is 0 Å². The monoisotopic (exact) mass is 206 g/mol. The van der Waals surface area contributed by atoms with Gasteiger partial charge in [-0.3, -0.25) is 4.98 Å². The second kappa shape index (κ2) is 3.98. The molecule has 2 N–H and O–H groups in total. The largest absolute Gasteiger partial charge is 0.325 e. The molecule has 0 atom stereocenters. The zero-order chi connectivity index (χ0) is 10.0. The lowest BCUT2D eigenvalue weighted by Crippen LogP contribution is -2.03. The van der Waals surface area contributed by atoms with Gasteiger partial charge in [0.2, 0.25) is 0 Å². The van der Waals surface area contributed by atoms with E-state index in [1.807, 2.05) is 0 Å². The van der Waals surface area contributed by atoms with Crippen LogP contribution in [0.15, 0.2) is 6.07 Å². The van der Waals surface area contributed by atoms with Crippen molar-refractivity contribution in [3.63, 3.8) is 0 Å². The summed E-state index contributed by atoms with van der Waals surface area (Å²) in [4.78, 5) is 3.94. The van der Waals surface area contributed by atoms with Gasteiger partial charge in [0.1, 0.15) is 0 Å². The van der Waals surface area contributed by atoms with Crippen LogP contribution in [0.4, 0.5) is 8.78 Å². The van der Waals surface area contributed by atoms with Crippen molar-refractivity contribution in [2.75, 3.05) is 0 Å². The summed E-state index contributed by atoms with van der Waals surface area (Å²) in [5, 5.41) is 0.0206. The number of hydrogen-bond donors (Lipinski definition) is 1. The first kappa shape index (κ1) is 10.3. The van der Waals surface area contributed by atoms with Gasteiger partial charge in [-0.1, -0.05) is 11.6 Å². The summed E-state index contributed by atoms with van der Waals surface area (Å²) in [5.41, 5.74) is 5.90. The number of rotatable bonds is 2. The maximum atomic E-state index is 12.4. The molecule has 0 bridgehead atoms. The number of halogens is 3. The number of aromatic nitrogens is 1. The van der Waals surface area contributed by atoms with Crippen LogP contribution in [0.2, 0.25) is 5.02 Å². The fraction of sp³-hybridized carbons (Fsp3) is 0.375. The Morgan fingerprint density at radius 1 is 1.62 bits per heavy atom. The van der Waals surface area contributed by atoms with Crippen LogP contribution in [-0.4, -0.2) is 4.98 Å². The topological polar surface area (TPSA) is 38.9 Å². The van der Waals surface area contributed by atoms with E-state index in [0.29, 0.717) is 11.4 Å². The lowest BCUT2D eigenvalue weighted by Gasteiger charge is -2.07. The Balaban J connectivity index is 3.25. The van der Waals surface area contributed by atoms with Gasteiger partial charge in [0.05, 0.1) is 16.4 Å². The molecule has 5 heteroatoms. The smallest absolute Gasteiger partial charge is 0.265 e. The van der Waals surface area contributed by atoms with Gasteiger partial charge in [-0.05, 0) is 13.0 Å². The molecule has 0 unspecified atom stereocenters. The minimum atomic E-state index is -2.58. The quantitative estimate of drug-likeness (QED) is 0.807. The molecule has 0 saturated heterocycles. The average Bonchev–Trinajstić information content (AvgIpc) is 2.09. The highest BCUT2D eigenvalue weighted by molar-refractivity contribution is 6.32. The fourth-order valence-corrected chi connectivity index (χ4v) is 1.19. The molecular weight excluding hydrogens is 198 g/mol. The maximum Gasteiger partial charge on any atom is 0.265 e. The molecule has 1 rings (SSSR count). The van der Waals surface area contributed by atoms with Crippen LogP contribution in [0.5, 0.6) is 0 Å². The summed E-state index contributed by atoms with van der Waals surface area (Å²) >= 11 is 5.63. The molecule has 0 spiro atoms. The summed E-state index contributed by atoms with van der Waals surface area (Å²) in [6.45, 7) is 1.71. The lowest BCUT2D eigenvalue weighted by molar-refractivity contribution is 0.151. The Morgan fingerprint density at radius 2 is 2.23 bits per heavy atom. The molecule has 0 fully saturated rings. The Labute approximate surface area is 79.7 Å². The molecule has 0 aliphatic heterocycles. The molecule has 13 heavy (non-hydrogen) atoms. The Hall–Kier alpha value is -0.740. The number of pyridine rings is 1. The third-order valence-corrected chi connectivity index (χ3v) is 2.14. The predicted octanol–water partition coefficient (Wildman–Crippen LogP) is 2.44. The first-order valence-corrected chi connectivity index (χ1v) is 4.08. The molecule has 1 aromatic heterocycles. The van der Waals surface area contributed by atoms with Crippen molar-refractivity contribution >= 4 is 11.6 Å². The van der Waals surface area contributed by atoms with Gasteiger partial charge in [-0.2, -0.15) is 0 Å². The normalized spacial score (nSPS) is 10.9. The molecule has 0 amide bonds. The van der Waals surface area contributed by atoms with E-state index < -0.39 is 6.43 Å². The molecule has 0 aliphatic rings. The summed E-state index contributed by atoms with van der Waals surface area (Å²) in [7, 11) is 0. The first-order chi connectivity index (χ1) is 6.06. The summed E-state index contributed by atoms with van der Waals surface area (Å²) in [5.74, 6) is 0. The molecule has 0 saturated carbocycles. The number of aryl methyl sites for hydroxylation is 1. The predicted molar refractivity (Wildman–Crippen MR) is 46.8 cm³/mol. The summed E-state index contributed by atoms with van der Waals surface area (Å²) in [6.07, 6.45) is -2.58. The van der Waals surface area contributed by atoms with E-state index in [0.717, 1.165) is 0 Å². The van der Waals surface area contributed by atoms with Crippen molar-refractivity contribution in [2.24, 2.45) is 5.73 Å². The van der Waals surface area contributed by atoms with Crippen LogP contribution < -0.4 is 5.73 Å². The second-order valence-corrected chi connectivity index (χ2v) is 2.98. The number of hydrogen-bond acceptors (Lipinski definition) is 2. The Kier molecular flexibility index (Phi) is 3.17. The Morgan fingerprint density at radius 3 is 2.69 bits per heavy atom. The van der Waals surface area contributed by atoms with Crippen molar-refractivity contribution in [2.45, 2.75) is 19.9 Å². The molecule has 1 aromatic rings. The van der Waals surface area contributed by atoms with Crippen LogP contribution in [0.25, 0.3) is 0 Å². The minimum Gasteiger partial charge on any atom is -0.325 e. The van der Waals surface area contributed by atoms with E-state index in [1.54, 1.807) is 6.92 Å². The molecule has 0 aliphatic carbocycles. The molecule has 0 radical (unpaired) electrons. The van der Waals surface area contributed by atoms with E-state index in [9.17, 15) is 8.78 Å². The van der Waals surface area contributed by atoms with Crippen molar-refractivity contribution in [3.8, 4) is 0 Å². The van der Waals surface area contributed by atoms with Crippen molar-refractivity contribution in [1.29, 1.82) is 0 Å². The molecular formula is C8H9ClF2N2.